The van der Waals surface area contributed by atoms with Crippen molar-refractivity contribution in [1.82, 2.24) is 5.32 Å². The van der Waals surface area contributed by atoms with Crippen LogP contribution in [0.3, 0.4) is 0 Å². The highest BCUT2D eigenvalue weighted by Crippen LogP contribution is 2.21. The van der Waals surface area contributed by atoms with Gasteiger partial charge in [-0.25, -0.2) is 4.79 Å². The summed E-state index contributed by atoms with van der Waals surface area (Å²) in [6, 6.07) is 2.49. The van der Waals surface area contributed by atoms with Crippen molar-refractivity contribution in [2.75, 3.05) is 7.11 Å². The second kappa shape index (κ2) is 7.33. The Morgan fingerprint density at radius 1 is 1.35 bits per heavy atom. The van der Waals surface area contributed by atoms with E-state index in [9.17, 15) is 9.59 Å². The van der Waals surface area contributed by atoms with E-state index < -0.39 is 17.9 Å². The van der Waals surface area contributed by atoms with E-state index in [1.54, 1.807) is 13.0 Å². The molecule has 2 unspecified atom stereocenters. The Morgan fingerprint density at radius 3 is 2.45 bits per heavy atom. The van der Waals surface area contributed by atoms with Gasteiger partial charge in [0.2, 0.25) is 0 Å². The van der Waals surface area contributed by atoms with Gasteiger partial charge in [0.1, 0.15) is 11.8 Å². The van der Waals surface area contributed by atoms with Crippen LogP contribution in [0, 0.1) is 5.92 Å². The lowest BCUT2D eigenvalue weighted by Gasteiger charge is -2.17. The second-order valence-electron chi connectivity index (χ2n) is 5.00. The third-order valence-corrected chi connectivity index (χ3v) is 2.96. The summed E-state index contributed by atoms with van der Waals surface area (Å²) in [6.45, 7) is 5.67. The fourth-order valence-electron chi connectivity index (χ4n) is 1.75. The van der Waals surface area contributed by atoms with Crippen molar-refractivity contribution in [1.29, 1.82) is 0 Å². The maximum absolute atomic E-state index is 12.0. The minimum absolute atomic E-state index is 0.130. The third kappa shape index (κ3) is 4.56. The Morgan fingerprint density at radius 2 is 2.00 bits per heavy atom. The average Bonchev–Trinajstić information content (AvgIpc) is 2.86. The van der Waals surface area contributed by atoms with Gasteiger partial charge in [-0.2, -0.15) is 0 Å². The maximum Gasteiger partial charge on any atom is 0.328 e. The van der Waals surface area contributed by atoms with Gasteiger partial charge in [0.15, 0.2) is 5.76 Å². The summed E-state index contributed by atoms with van der Waals surface area (Å²) in [5.74, 6) is -0.0379. The lowest BCUT2D eigenvalue weighted by atomic mass is 10.0. The predicted molar refractivity (Wildman–Crippen MR) is 75.7 cm³/mol. The van der Waals surface area contributed by atoms with Crippen LogP contribution in [0.1, 0.15) is 48.9 Å². The van der Waals surface area contributed by atoms with Crippen LogP contribution in [0.4, 0.5) is 0 Å². The zero-order chi connectivity index (χ0) is 15.3. The quantitative estimate of drug-likeness (QED) is 0.648. The van der Waals surface area contributed by atoms with Crippen molar-refractivity contribution < 1.29 is 18.7 Å². The first kappa shape index (κ1) is 16.6. The van der Waals surface area contributed by atoms with E-state index in [1.807, 2.05) is 13.8 Å². The van der Waals surface area contributed by atoms with Gasteiger partial charge in [0.25, 0.3) is 5.91 Å². The summed E-state index contributed by atoms with van der Waals surface area (Å²) in [6.07, 6.45) is 0.498. The third-order valence-electron chi connectivity index (χ3n) is 2.74. The summed E-state index contributed by atoms with van der Waals surface area (Å²) in [5, 5.41) is 2.30. The number of ether oxygens (including phenoxy) is 1. The fraction of sp³-hybridized carbons (Fsp3) is 0.571. The topological polar surface area (TPSA) is 68.5 Å². The SMILES string of the molecule is COC(=O)C(CC(C)C)NC(=O)c1ccc(C(C)Cl)o1. The predicted octanol–water partition coefficient (Wildman–Crippen LogP) is 2.90. The van der Waals surface area contributed by atoms with Crippen molar-refractivity contribution in [2.24, 2.45) is 5.92 Å². The fourth-order valence-corrected chi connectivity index (χ4v) is 1.86. The second-order valence-corrected chi connectivity index (χ2v) is 5.65. The number of carbonyl (C=O) groups is 2. The maximum atomic E-state index is 12.0. The number of hydrogen-bond acceptors (Lipinski definition) is 4. The van der Waals surface area contributed by atoms with Crippen molar-refractivity contribution in [3.05, 3.63) is 23.7 Å². The lowest BCUT2D eigenvalue weighted by Crippen LogP contribution is -2.42. The summed E-state index contributed by atoms with van der Waals surface area (Å²) < 4.78 is 10.0. The Hall–Kier alpha value is -1.49. The number of nitrogens with one attached hydrogen (secondary N) is 1. The molecule has 0 saturated heterocycles. The molecule has 0 aliphatic heterocycles. The molecule has 0 bridgehead atoms. The standard InChI is InChI=1S/C14H20ClNO4/c1-8(2)7-10(14(18)19-4)16-13(17)12-6-5-11(20-12)9(3)15/h5-6,8-10H,7H2,1-4H3,(H,16,17). The molecule has 1 aromatic rings. The highest BCUT2D eigenvalue weighted by Gasteiger charge is 2.24. The van der Waals surface area contributed by atoms with Crippen LogP contribution in [0.2, 0.25) is 0 Å². The van der Waals surface area contributed by atoms with Crippen LogP contribution in [-0.4, -0.2) is 25.0 Å². The molecule has 6 heteroatoms. The molecule has 0 spiro atoms. The average molecular weight is 302 g/mol. The minimum Gasteiger partial charge on any atom is -0.467 e. The van der Waals surface area contributed by atoms with Crippen LogP contribution in [-0.2, 0) is 9.53 Å². The van der Waals surface area contributed by atoms with Crippen LogP contribution in [0.5, 0.6) is 0 Å². The minimum atomic E-state index is -0.686. The summed E-state index contributed by atoms with van der Waals surface area (Å²) in [5.41, 5.74) is 0. The zero-order valence-electron chi connectivity index (χ0n) is 12.1. The van der Waals surface area contributed by atoms with Crippen molar-refractivity contribution in [3.63, 3.8) is 0 Å². The van der Waals surface area contributed by atoms with E-state index in [0.717, 1.165) is 0 Å². The first-order valence-corrected chi connectivity index (χ1v) is 6.91. The Balaban J connectivity index is 2.76. The number of methoxy groups -OCH3 is 1. The van der Waals surface area contributed by atoms with E-state index in [1.165, 1.54) is 13.2 Å². The van der Waals surface area contributed by atoms with Gasteiger partial charge in [-0.3, -0.25) is 4.79 Å². The highest BCUT2D eigenvalue weighted by atomic mass is 35.5. The molecule has 0 radical (unpaired) electrons. The molecule has 20 heavy (non-hydrogen) atoms. The number of hydrogen-bond donors (Lipinski definition) is 1. The zero-order valence-corrected chi connectivity index (χ0v) is 12.9. The van der Waals surface area contributed by atoms with E-state index in [-0.39, 0.29) is 17.1 Å². The number of halogens is 1. The van der Waals surface area contributed by atoms with Gasteiger partial charge in [0, 0.05) is 0 Å². The van der Waals surface area contributed by atoms with Gasteiger partial charge in [-0.15, -0.1) is 11.6 Å². The normalized spacial score (nSPS) is 13.9. The van der Waals surface area contributed by atoms with Gasteiger partial charge in [0.05, 0.1) is 12.5 Å². The number of furan rings is 1. The number of alkyl halides is 1. The molecule has 2 atom stereocenters. The van der Waals surface area contributed by atoms with Gasteiger partial charge < -0.3 is 14.5 Å². The molecule has 0 saturated carbocycles. The van der Waals surface area contributed by atoms with Gasteiger partial charge in [-0.1, -0.05) is 13.8 Å². The van der Waals surface area contributed by atoms with Crippen molar-refractivity contribution in [3.8, 4) is 0 Å². The molecule has 0 fully saturated rings. The monoisotopic (exact) mass is 301 g/mol. The van der Waals surface area contributed by atoms with Crippen LogP contribution in [0.15, 0.2) is 16.5 Å². The molecular formula is C14H20ClNO4. The Kier molecular flexibility index (Phi) is 6.07. The van der Waals surface area contributed by atoms with E-state index in [0.29, 0.717) is 12.2 Å². The Bertz CT molecular complexity index is 467. The Labute approximate surface area is 123 Å². The molecule has 0 aliphatic carbocycles. The number of amides is 1. The number of carbonyl (C=O) groups excluding carboxylic acids is 2. The molecule has 112 valence electrons. The molecule has 1 aromatic heterocycles. The summed E-state index contributed by atoms with van der Waals surface area (Å²) in [7, 11) is 1.29. The van der Waals surface area contributed by atoms with Crippen LogP contribution < -0.4 is 5.32 Å². The molecule has 1 rings (SSSR count). The summed E-state index contributed by atoms with van der Waals surface area (Å²) in [4.78, 5) is 23.7. The van der Waals surface area contributed by atoms with Crippen LogP contribution in [0.25, 0.3) is 0 Å². The van der Waals surface area contributed by atoms with Gasteiger partial charge >= 0.3 is 5.97 Å². The molecule has 1 heterocycles. The van der Waals surface area contributed by atoms with E-state index >= 15 is 0 Å². The summed E-state index contributed by atoms with van der Waals surface area (Å²) >= 11 is 5.87. The molecule has 1 amide bonds. The largest absolute Gasteiger partial charge is 0.467 e. The number of rotatable bonds is 6. The molecule has 5 nitrogen and oxygen atoms in total. The molecule has 1 N–H and O–H groups in total. The van der Waals surface area contributed by atoms with Crippen molar-refractivity contribution in [2.45, 2.75) is 38.6 Å². The molecule has 0 aliphatic rings. The lowest BCUT2D eigenvalue weighted by molar-refractivity contribution is -0.143. The van der Waals surface area contributed by atoms with Gasteiger partial charge in [-0.05, 0) is 31.4 Å². The molecule has 0 aromatic carbocycles. The first-order valence-electron chi connectivity index (χ1n) is 6.47. The number of esters is 1. The van der Waals surface area contributed by atoms with Crippen molar-refractivity contribution >= 4 is 23.5 Å². The van der Waals surface area contributed by atoms with Crippen LogP contribution >= 0.6 is 11.6 Å². The van der Waals surface area contributed by atoms with E-state index in [4.69, 9.17) is 16.0 Å². The smallest absolute Gasteiger partial charge is 0.328 e. The highest BCUT2D eigenvalue weighted by molar-refractivity contribution is 6.20. The first-order chi connectivity index (χ1) is 9.35. The molecular weight excluding hydrogens is 282 g/mol. The van der Waals surface area contributed by atoms with E-state index in [2.05, 4.69) is 10.1 Å².